The zero-order valence-corrected chi connectivity index (χ0v) is 20.6. The van der Waals surface area contributed by atoms with Crippen LogP contribution in [0.2, 0.25) is 0 Å². The van der Waals surface area contributed by atoms with Crippen LogP contribution in [0.15, 0.2) is 66.7 Å². The Kier molecular flexibility index (Phi) is 6.89. The third-order valence-corrected chi connectivity index (χ3v) is 7.02. The number of fused-ring (bicyclic) bond motifs is 1. The molecule has 5 rings (SSSR count). The summed E-state index contributed by atoms with van der Waals surface area (Å²) in [6, 6.07) is 21.5. The third kappa shape index (κ3) is 4.65. The summed E-state index contributed by atoms with van der Waals surface area (Å²) >= 11 is 0. The summed E-state index contributed by atoms with van der Waals surface area (Å²) in [5, 5.41) is 10.5. The molecule has 0 aliphatic carbocycles. The maximum absolute atomic E-state index is 12.8. The first kappa shape index (κ1) is 23.9. The van der Waals surface area contributed by atoms with E-state index >= 15 is 0 Å². The first-order chi connectivity index (χ1) is 17.6. The van der Waals surface area contributed by atoms with E-state index in [0.29, 0.717) is 31.2 Å². The van der Waals surface area contributed by atoms with Crippen LogP contribution in [-0.2, 0) is 4.79 Å². The highest BCUT2D eigenvalue weighted by Gasteiger charge is 2.43. The molecule has 7 heteroatoms. The van der Waals surface area contributed by atoms with Crippen LogP contribution in [0.4, 0.5) is 5.69 Å². The molecule has 2 heterocycles. The monoisotopic (exact) mass is 489 g/mol. The van der Waals surface area contributed by atoms with E-state index in [1.54, 1.807) is 7.11 Å². The van der Waals surface area contributed by atoms with Crippen molar-refractivity contribution in [1.82, 2.24) is 0 Å². The van der Waals surface area contributed by atoms with Crippen LogP contribution in [0.3, 0.4) is 0 Å². The summed E-state index contributed by atoms with van der Waals surface area (Å²) in [4.78, 5) is 15.1. The fourth-order valence-corrected chi connectivity index (χ4v) is 5.27. The van der Waals surface area contributed by atoms with Crippen molar-refractivity contribution in [1.29, 1.82) is 0 Å². The number of methoxy groups -OCH3 is 1. The van der Waals surface area contributed by atoms with E-state index in [0.717, 1.165) is 34.7 Å². The molecular formula is C29H31NO6. The van der Waals surface area contributed by atoms with Gasteiger partial charge in [0.15, 0.2) is 11.5 Å². The van der Waals surface area contributed by atoms with Crippen LogP contribution >= 0.6 is 0 Å². The molecule has 3 aromatic rings. The summed E-state index contributed by atoms with van der Waals surface area (Å²) in [6.07, 6.45) is 0.906. The van der Waals surface area contributed by atoms with Crippen molar-refractivity contribution in [2.24, 2.45) is 5.92 Å². The summed E-state index contributed by atoms with van der Waals surface area (Å²) in [7, 11) is 1.63. The number of carboxylic acid groups (broad SMARTS) is 1. The first-order valence-electron chi connectivity index (χ1n) is 12.3. The Morgan fingerprint density at radius 1 is 0.972 bits per heavy atom. The average molecular weight is 490 g/mol. The number of benzene rings is 3. The van der Waals surface area contributed by atoms with Crippen LogP contribution in [0.25, 0.3) is 0 Å². The summed E-state index contributed by atoms with van der Waals surface area (Å²) in [5.41, 5.74) is 2.85. The van der Waals surface area contributed by atoms with Gasteiger partial charge in [-0.25, -0.2) is 0 Å². The van der Waals surface area contributed by atoms with Crippen molar-refractivity contribution in [2.45, 2.75) is 25.2 Å². The quantitative estimate of drug-likeness (QED) is 0.460. The van der Waals surface area contributed by atoms with E-state index in [9.17, 15) is 9.90 Å². The van der Waals surface area contributed by atoms with Gasteiger partial charge in [-0.05, 0) is 53.9 Å². The molecule has 2 aliphatic rings. The molecule has 7 nitrogen and oxygen atoms in total. The Labute approximate surface area is 211 Å². The average Bonchev–Trinajstić information content (AvgIpc) is 3.39. The maximum Gasteiger partial charge on any atom is 0.307 e. The van der Waals surface area contributed by atoms with E-state index < -0.39 is 11.9 Å². The molecule has 3 aromatic carbocycles. The number of hydrogen-bond donors (Lipinski definition) is 1. The fraction of sp³-hybridized carbons (Fsp3) is 0.345. The molecule has 0 radical (unpaired) electrons. The lowest BCUT2D eigenvalue weighted by atomic mass is 9.71. The Morgan fingerprint density at radius 3 is 2.39 bits per heavy atom. The molecule has 0 amide bonds. The minimum Gasteiger partial charge on any atom is -0.497 e. The molecule has 0 unspecified atom stereocenters. The van der Waals surface area contributed by atoms with Crippen molar-refractivity contribution in [2.75, 3.05) is 38.5 Å². The number of piperidine rings is 1. The van der Waals surface area contributed by atoms with Crippen LogP contribution in [0.5, 0.6) is 23.0 Å². The van der Waals surface area contributed by atoms with Gasteiger partial charge < -0.3 is 29.0 Å². The molecule has 1 fully saturated rings. The minimum atomic E-state index is -0.811. The van der Waals surface area contributed by atoms with Crippen LogP contribution in [-0.4, -0.2) is 44.7 Å². The second kappa shape index (κ2) is 10.4. The van der Waals surface area contributed by atoms with Gasteiger partial charge in [0.2, 0.25) is 6.79 Å². The first-order valence-corrected chi connectivity index (χ1v) is 12.3. The molecule has 0 aromatic heterocycles. The van der Waals surface area contributed by atoms with Gasteiger partial charge in [0.05, 0.1) is 25.3 Å². The Hall–Kier alpha value is -3.87. The molecule has 188 valence electrons. The Balaban J connectivity index is 1.58. The number of carboxylic acids is 1. The standard InChI is InChI=1S/C29H31NO6/c1-3-14-34-25-7-5-4-6-24(25)30-16-22(19-8-11-21(33-2)12-9-19)28(29(31)32)23(17-30)20-10-13-26-27(15-20)36-18-35-26/h4-13,15,22-23,28H,3,14,16-18H2,1-2H3,(H,31,32)/t22-,23-,28-/m1/s1. The Morgan fingerprint density at radius 2 is 1.67 bits per heavy atom. The Bertz CT molecular complexity index is 1210. The van der Waals surface area contributed by atoms with E-state index in [1.807, 2.05) is 66.7 Å². The second-order valence-electron chi connectivity index (χ2n) is 9.18. The summed E-state index contributed by atoms with van der Waals surface area (Å²) in [6.45, 7) is 3.97. The highest BCUT2D eigenvalue weighted by molar-refractivity contribution is 5.75. The van der Waals surface area contributed by atoms with Crippen molar-refractivity contribution in [3.05, 3.63) is 77.9 Å². The van der Waals surface area contributed by atoms with Gasteiger partial charge in [0.25, 0.3) is 0 Å². The smallest absolute Gasteiger partial charge is 0.307 e. The van der Waals surface area contributed by atoms with Gasteiger partial charge >= 0.3 is 5.97 Å². The molecule has 36 heavy (non-hydrogen) atoms. The van der Waals surface area contributed by atoms with Gasteiger partial charge in [-0.3, -0.25) is 4.79 Å². The van der Waals surface area contributed by atoms with Crippen molar-refractivity contribution in [3.8, 4) is 23.0 Å². The van der Waals surface area contributed by atoms with Gasteiger partial charge in [0, 0.05) is 24.9 Å². The molecular weight excluding hydrogens is 458 g/mol. The van der Waals surface area contributed by atoms with E-state index in [1.165, 1.54) is 0 Å². The zero-order valence-electron chi connectivity index (χ0n) is 20.6. The number of hydrogen-bond acceptors (Lipinski definition) is 6. The fourth-order valence-electron chi connectivity index (χ4n) is 5.27. The molecule has 0 bridgehead atoms. The number of para-hydroxylation sites is 2. The van der Waals surface area contributed by atoms with Crippen LogP contribution in [0.1, 0.15) is 36.3 Å². The second-order valence-corrected chi connectivity index (χ2v) is 9.18. The lowest BCUT2D eigenvalue weighted by molar-refractivity contribution is -0.143. The number of anilines is 1. The maximum atomic E-state index is 12.8. The molecule has 0 saturated carbocycles. The van der Waals surface area contributed by atoms with Crippen molar-refractivity contribution >= 4 is 11.7 Å². The summed E-state index contributed by atoms with van der Waals surface area (Å²) < 4.78 is 22.5. The van der Waals surface area contributed by atoms with Gasteiger partial charge in [-0.15, -0.1) is 0 Å². The van der Waals surface area contributed by atoms with Crippen molar-refractivity contribution in [3.63, 3.8) is 0 Å². The number of aliphatic carboxylic acids is 1. The number of ether oxygens (including phenoxy) is 4. The highest BCUT2D eigenvalue weighted by Crippen LogP contribution is 2.46. The van der Waals surface area contributed by atoms with Gasteiger partial charge in [-0.2, -0.15) is 0 Å². The molecule has 0 spiro atoms. The van der Waals surface area contributed by atoms with Gasteiger partial charge in [-0.1, -0.05) is 37.3 Å². The lowest BCUT2D eigenvalue weighted by Gasteiger charge is -2.44. The number of carbonyl (C=O) groups is 1. The van der Waals surface area contributed by atoms with Crippen LogP contribution < -0.4 is 23.8 Å². The molecule has 1 saturated heterocycles. The van der Waals surface area contributed by atoms with E-state index in [2.05, 4.69) is 11.8 Å². The largest absolute Gasteiger partial charge is 0.497 e. The zero-order chi connectivity index (χ0) is 25.1. The van der Waals surface area contributed by atoms with Crippen LogP contribution in [0, 0.1) is 5.92 Å². The third-order valence-electron chi connectivity index (χ3n) is 7.02. The van der Waals surface area contributed by atoms with Crippen molar-refractivity contribution < 1.29 is 28.8 Å². The lowest BCUT2D eigenvalue weighted by Crippen LogP contribution is -2.47. The topological polar surface area (TPSA) is 77.5 Å². The molecule has 3 atom stereocenters. The van der Waals surface area contributed by atoms with E-state index in [-0.39, 0.29) is 18.6 Å². The van der Waals surface area contributed by atoms with Gasteiger partial charge in [0.1, 0.15) is 11.5 Å². The highest BCUT2D eigenvalue weighted by atomic mass is 16.7. The SMILES string of the molecule is CCCOc1ccccc1N1C[C@H](c2ccc(OC)cc2)[C@@H](C(=O)O)[C@@H](c2ccc3c(c2)OCO3)C1. The predicted octanol–water partition coefficient (Wildman–Crippen LogP) is 5.30. The minimum absolute atomic E-state index is 0.175. The molecule has 2 aliphatic heterocycles. The number of rotatable bonds is 8. The summed E-state index contributed by atoms with van der Waals surface area (Å²) in [5.74, 6) is 0.918. The predicted molar refractivity (Wildman–Crippen MR) is 137 cm³/mol. The number of nitrogens with zero attached hydrogens (tertiary/aromatic N) is 1. The normalized spacial score (nSPS) is 20.7. The van der Waals surface area contributed by atoms with E-state index in [4.69, 9.17) is 18.9 Å². The molecule has 1 N–H and O–H groups in total.